The van der Waals surface area contributed by atoms with Crippen molar-refractivity contribution in [3.8, 4) is 0 Å². The number of aliphatic carboxylic acids is 3. The molecule has 0 aromatic carbocycles. The molecule has 0 fully saturated rings. The fraction of sp³-hybridized carbons (Fsp3) is 0.700. The molecule has 0 aliphatic heterocycles. The third kappa shape index (κ3) is 5.33. The van der Waals surface area contributed by atoms with Gasteiger partial charge in [0.25, 0.3) is 0 Å². The van der Waals surface area contributed by atoms with E-state index in [0.29, 0.717) is 0 Å². The highest BCUT2D eigenvalue weighted by Gasteiger charge is 2.33. The Bertz CT molecular complexity index is 285. The van der Waals surface area contributed by atoms with Gasteiger partial charge in [-0.15, -0.1) is 0 Å². The first-order chi connectivity index (χ1) is 7.28. The van der Waals surface area contributed by atoms with Crippen LogP contribution in [0.15, 0.2) is 0 Å². The second-order valence-corrected chi connectivity index (χ2v) is 4.01. The minimum atomic E-state index is -1.16. The van der Waals surface area contributed by atoms with E-state index in [9.17, 15) is 14.4 Å². The molecule has 0 rings (SSSR count). The van der Waals surface area contributed by atoms with E-state index in [2.05, 4.69) is 0 Å². The van der Waals surface area contributed by atoms with E-state index in [1.54, 1.807) is 0 Å². The van der Waals surface area contributed by atoms with Crippen LogP contribution in [0.1, 0.15) is 39.0 Å². The van der Waals surface area contributed by atoms with Crippen LogP contribution in [0, 0.1) is 5.41 Å². The first kappa shape index (κ1) is 14.4. The maximum absolute atomic E-state index is 11.0. The number of hydrogen-bond acceptors (Lipinski definition) is 3. The number of hydrogen-bond donors (Lipinski definition) is 3. The molecule has 0 saturated carbocycles. The Morgan fingerprint density at radius 1 is 0.938 bits per heavy atom. The van der Waals surface area contributed by atoms with Crippen LogP contribution in [-0.2, 0) is 14.4 Å². The molecule has 0 saturated heterocycles. The van der Waals surface area contributed by atoms with E-state index in [1.165, 1.54) is 6.92 Å². The van der Waals surface area contributed by atoms with Gasteiger partial charge in [0.1, 0.15) is 0 Å². The zero-order chi connectivity index (χ0) is 12.8. The maximum atomic E-state index is 11.0. The molecule has 0 bridgehead atoms. The van der Waals surface area contributed by atoms with Crippen LogP contribution in [0.3, 0.4) is 0 Å². The van der Waals surface area contributed by atoms with Crippen molar-refractivity contribution in [2.75, 3.05) is 0 Å². The summed E-state index contributed by atoms with van der Waals surface area (Å²) in [4.78, 5) is 31.6. The number of carbonyl (C=O) groups is 3. The summed E-state index contributed by atoms with van der Waals surface area (Å²) in [5.41, 5.74) is -1.16. The molecule has 0 spiro atoms. The second kappa shape index (κ2) is 6.09. The van der Waals surface area contributed by atoms with Gasteiger partial charge < -0.3 is 15.3 Å². The monoisotopic (exact) mass is 232 g/mol. The molecule has 0 radical (unpaired) electrons. The Kier molecular flexibility index (Phi) is 5.49. The lowest BCUT2D eigenvalue weighted by Crippen LogP contribution is -2.28. The van der Waals surface area contributed by atoms with Crippen molar-refractivity contribution in [1.82, 2.24) is 0 Å². The third-order valence-corrected chi connectivity index (χ3v) is 2.53. The average molecular weight is 232 g/mol. The lowest BCUT2D eigenvalue weighted by atomic mass is 9.80. The molecule has 1 unspecified atom stereocenters. The quantitative estimate of drug-likeness (QED) is 0.579. The first-order valence-corrected chi connectivity index (χ1v) is 4.95. The normalized spacial score (nSPS) is 14.1. The fourth-order valence-corrected chi connectivity index (χ4v) is 1.35. The van der Waals surface area contributed by atoms with Crippen molar-refractivity contribution in [2.24, 2.45) is 5.41 Å². The Morgan fingerprint density at radius 3 is 1.81 bits per heavy atom. The topological polar surface area (TPSA) is 112 Å². The minimum Gasteiger partial charge on any atom is -0.481 e. The van der Waals surface area contributed by atoms with Crippen LogP contribution in [0.25, 0.3) is 0 Å². The largest absolute Gasteiger partial charge is 0.481 e. The van der Waals surface area contributed by atoms with Gasteiger partial charge in [0, 0.05) is 12.8 Å². The summed E-state index contributed by atoms with van der Waals surface area (Å²) in [5, 5.41) is 25.9. The van der Waals surface area contributed by atoms with Crippen molar-refractivity contribution < 1.29 is 29.7 Å². The van der Waals surface area contributed by atoms with Crippen molar-refractivity contribution in [1.29, 1.82) is 0 Å². The molecule has 1 atom stereocenters. The summed E-state index contributed by atoms with van der Waals surface area (Å²) < 4.78 is 0. The van der Waals surface area contributed by atoms with E-state index in [0.717, 1.165) is 0 Å². The molecule has 3 N–H and O–H groups in total. The predicted octanol–water partition coefficient (Wildman–Crippen LogP) is 1.20. The van der Waals surface area contributed by atoms with E-state index in [4.69, 9.17) is 15.3 Å². The summed E-state index contributed by atoms with van der Waals surface area (Å²) >= 11 is 0. The van der Waals surface area contributed by atoms with Crippen LogP contribution in [0.2, 0.25) is 0 Å². The van der Waals surface area contributed by atoms with Crippen LogP contribution in [0.5, 0.6) is 0 Å². The molecule has 16 heavy (non-hydrogen) atoms. The van der Waals surface area contributed by atoms with Gasteiger partial charge >= 0.3 is 17.9 Å². The molecule has 92 valence electrons. The van der Waals surface area contributed by atoms with Gasteiger partial charge in [0.15, 0.2) is 0 Å². The Morgan fingerprint density at radius 2 is 1.44 bits per heavy atom. The van der Waals surface area contributed by atoms with Crippen molar-refractivity contribution in [3.05, 3.63) is 0 Å². The minimum absolute atomic E-state index is 0.0112. The predicted molar refractivity (Wildman–Crippen MR) is 54.1 cm³/mol. The maximum Gasteiger partial charge on any atom is 0.309 e. The fourth-order valence-electron chi connectivity index (χ4n) is 1.35. The van der Waals surface area contributed by atoms with Crippen molar-refractivity contribution in [2.45, 2.75) is 39.0 Å². The summed E-state index contributed by atoms with van der Waals surface area (Å²) in [5.74, 6) is -3.11. The van der Waals surface area contributed by atoms with Crippen LogP contribution in [0.4, 0.5) is 0 Å². The highest BCUT2D eigenvalue weighted by atomic mass is 16.4. The van der Waals surface area contributed by atoms with Gasteiger partial charge in [0.05, 0.1) is 5.41 Å². The molecule has 0 aliphatic carbocycles. The molecule has 6 heteroatoms. The van der Waals surface area contributed by atoms with Crippen LogP contribution >= 0.6 is 0 Å². The van der Waals surface area contributed by atoms with Crippen LogP contribution < -0.4 is 0 Å². The van der Waals surface area contributed by atoms with Gasteiger partial charge in [-0.05, 0) is 26.2 Å². The lowest BCUT2D eigenvalue weighted by molar-refractivity contribution is -0.150. The molecule has 0 aliphatic rings. The Balaban J connectivity index is 4.27. The summed E-state index contributed by atoms with van der Waals surface area (Å²) in [6, 6.07) is 0. The Labute approximate surface area is 92.9 Å². The van der Waals surface area contributed by atoms with E-state index in [-0.39, 0.29) is 32.1 Å². The first-order valence-electron chi connectivity index (χ1n) is 4.95. The van der Waals surface area contributed by atoms with Gasteiger partial charge in [-0.3, -0.25) is 14.4 Å². The summed E-state index contributed by atoms with van der Waals surface area (Å²) in [7, 11) is 0. The SMILES string of the molecule is CC(CCCC(=O)O)(CCC(=O)O)C(=O)O. The standard InChI is InChI=1S/C10H16O6/c1-10(9(15)16,6-4-8(13)14)5-2-3-7(11)12/h2-6H2,1H3,(H,11,12)(H,13,14)(H,15,16). The van der Waals surface area contributed by atoms with Crippen molar-refractivity contribution >= 4 is 17.9 Å². The zero-order valence-electron chi connectivity index (χ0n) is 9.10. The molecule has 0 aromatic rings. The molecule has 6 nitrogen and oxygen atoms in total. The number of rotatable bonds is 8. The molecule has 0 amide bonds. The summed E-state index contributed by atoms with van der Waals surface area (Å²) in [6.45, 7) is 1.44. The smallest absolute Gasteiger partial charge is 0.309 e. The Hall–Kier alpha value is -1.59. The van der Waals surface area contributed by atoms with Crippen molar-refractivity contribution in [3.63, 3.8) is 0 Å². The van der Waals surface area contributed by atoms with E-state index < -0.39 is 23.3 Å². The summed E-state index contributed by atoms with van der Waals surface area (Å²) in [6.07, 6.45) is 0.0861. The molecule has 0 aromatic heterocycles. The lowest BCUT2D eigenvalue weighted by Gasteiger charge is -2.23. The van der Waals surface area contributed by atoms with Crippen LogP contribution in [-0.4, -0.2) is 33.2 Å². The molecular formula is C10H16O6. The number of carboxylic acid groups (broad SMARTS) is 3. The van der Waals surface area contributed by atoms with Gasteiger partial charge in [-0.2, -0.15) is 0 Å². The third-order valence-electron chi connectivity index (χ3n) is 2.53. The molecular weight excluding hydrogens is 216 g/mol. The average Bonchev–Trinajstić information content (AvgIpc) is 2.13. The second-order valence-electron chi connectivity index (χ2n) is 4.01. The van der Waals surface area contributed by atoms with E-state index >= 15 is 0 Å². The van der Waals surface area contributed by atoms with E-state index in [1.807, 2.05) is 0 Å². The zero-order valence-corrected chi connectivity index (χ0v) is 9.10. The van der Waals surface area contributed by atoms with Gasteiger partial charge in [0.2, 0.25) is 0 Å². The van der Waals surface area contributed by atoms with Gasteiger partial charge in [-0.1, -0.05) is 0 Å². The highest BCUT2D eigenvalue weighted by Crippen LogP contribution is 2.30. The molecule has 0 heterocycles. The van der Waals surface area contributed by atoms with Gasteiger partial charge in [-0.25, -0.2) is 0 Å². The number of carboxylic acids is 3. The highest BCUT2D eigenvalue weighted by molar-refractivity contribution is 5.75.